The average molecular weight is 441 g/mol. The molecule has 0 spiro atoms. The van der Waals surface area contributed by atoms with E-state index in [1.165, 1.54) is 18.0 Å². The van der Waals surface area contributed by atoms with Gasteiger partial charge in [0, 0.05) is 12.3 Å². The van der Waals surface area contributed by atoms with Crippen molar-refractivity contribution in [2.24, 2.45) is 35.0 Å². The Morgan fingerprint density at radius 2 is 2.03 bits per heavy atom. The summed E-state index contributed by atoms with van der Waals surface area (Å²) in [4.78, 5) is 38.5. The van der Waals surface area contributed by atoms with Crippen LogP contribution >= 0.6 is 0 Å². The molecule has 0 radical (unpaired) electrons. The maximum absolute atomic E-state index is 12.4. The standard InChI is InChI=1S/C25H32N2O5/c1-14-3-4-15(13-32-24(31)27-21(29)10-12-26-23(27)30)16-5-6-17-18(22(14)16)9-11-25(2)19(17)7-8-20(25)28/h10,12-13,16-20,22,28H,1,3-9,11H2,2H3,(H,26,30)/b15-13+. The molecule has 0 bridgehead atoms. The van der Waals surface area contributed by atoms with Crippen LogP contribution in [0.3, 0.4) is 0 Å². The summed E-state index contributed by atoms with van der Waals surface area (Å²) < 4.78 is 5.80. The molecular weight excluding hydrogens is 408 g/mol. The number of ether oxygens (including phenoxy) is 1. The van der Waals surface area contributed by atoms with Crippen LogP contribution in [0.4, 0.5) is 4.79 Å². The first-order chi connectivity index (χ1) is 15.3. The highest BCUT2D eigenvalue weighted by molar-refractivity contribution is 5.70. The zero-order valence-electron chi connectivity index (χ0n) is 18.6. The number of nitrogens with zero attached hydrogens (tertiary/aromatic N) is 1. The lowest BCUT2D eigenvalue weighted by Gasteiger charge is -2.56. The first-order valence-corrected chi connectivity index (χ1v) is 11.9. The van der Waals surface area contributed by atoms with Gasteiger partial charge in [-0.2, -0.15) is 4.57 Å². The van der Waals surface area contributed by atoms with Crippen molar-refractivity contribution in [3.63, 3.8) is 0 Å². The van der Waals surface area contributed by atoms with Crippen LogP contribution in [0.1, 0.15) is 58.3 Å². The first-order valence-electron chi connectivity index (χ1n) is 11.9. The molecule has 4 fully saturated rings. The van der Waals surface area contributed by atoms with Gasteiger partial charge in [0.1, 0.15) is 0 Å². The summed E-state index contributed by atoms with van der Waals surface area (Å²) in [5.74, 6) is 2.41. The van der Waals surface area contributed by atoms with E-state index in [-0.39, 0.29) is 17.4 Å². The van der Waals surface area contributed by atoms with Gasteiger partial charge in [0.2, 0.25) is 0 Å². The molecule has 4 aliphatic carbocycles. The summed E-state index contributed by atoms with van der Waals surface area (Å²) in [5.41, 5.74) is 0.908. The second-order valence-corrected chi connectivity index (χ2v) is 10.5. The van der Waals surface area contributed by atoms with E-state index in [9.17, 15) is 19.5 Å². The minimum absolute atomic E-state index is 0.0498. The Morgan fingerprint density at radius 1 is 1.22 bits per heavy atom. The van der Waals surface area contributed by atoms with Gasteiger partial charge < -0.3 is 14.8 Å². The lowest BCUT2D eigenvalue weighted by atomic mass is 9.49. The van der Waals surface area contributed by atoms with Crippen molar-refractivity contribution in [1.82, 2.24) is 9.55 Å². The molecule has 7 atom stereocenters. The van der Waals surface area contributed by atoms with Gasteiger partial charge in [-0.25, -0.2) is 9.59 Å². The fraction of sp³-hybridized carbons (Fsp3) is 0.640. The van der Waals surface area contributed by atoms with Crippen molar-refractivity contribution in [2.75, 3.05) is 0 Å². The number of H-pyrrole nitrogens is 1. The quantitative estimate of drug-likeness (QED) is 0.513. The van der Waals surface area contributed by atoms with Gasteiger partial charge in [0.15, 0.2) is 0 Å². The smallest absolute Gasteiger partial charge is 0.418 e. The van der Waals surface area contributed by atoms with E-state index in [0.717, 1.165) is 63.0 Å². The normalized spacial score (nSPS) is 39.8. The second-order valence-electron chi connectivity index (χ2n) is 10.5. The lowest BCUT2D eigenvalue weighted by Crippen LogP contribution is -2.49. The van der Waals surface area contributed by atoms with E-state index in [1.807, 2.05) is 0 Å². The van der Waals surface area contributed by atoms with Gasteiger partial charge in [-0.05, 0) is 91.9 Å². The van der Waals surface area contributed by atoms with Crippen LogP contribution in [0.25, 0.3) is 0 Å². The maximum Gasteiger partial charge on any atom is 0.430 e. The molecule has 7 heteroatoms. The predicted molar refractivity (Wildman–Crippen MR) is 119 cm³/mol. The van der Waals surface area contributed by atoms with Gasteiger partial charge in [-0.15, -0.1) is 0 Å². The van der Waals surface area contributed by atoms with Crippen LogP contribution in [-0.2, 0) is 4.74 Å². The minimum atomic E-state index is -0.979. The molecule has 4 saturated carbocycles. The molecule has 172 valence electrons. The highest BCUT2D eigenvalue weighted by Crippen LogP contribution is 2.63. The average Bonchev–Trinajstić information content (AvgIpc) is 3.07. The largest absolute Gasteiger partial charge is 0.430 e. The molecule has 2 N–H and O–H groups in total. The van der Waals surface area contributed by atoms with Crippen molar-refractivity contribution < 1.29 is 14.6 Å². The number of allylic oxidation sites excluding steroid dienone is 2. The van der Waals surface area contributed by atoms with Crippen molar-refractivity contribution in [2.45, 2.75) is 64.4 Å². The summed E-state index contributed by atoms with van der Waals surface area (Å²) >= 11 is 0. The van der Waals surface area contributed by atoms with E-state index < -0.39 is 17.3 Å². The molecule has 0 amide bonds. The van der Waals surface area contributed by atoms with Crippen LogP contribution in [0.2, 0.25) is 0 Å². The molecule has 0 aromatic carbocycles. The van der Waals surface area contributed by atoms with Gasteiger partial charge in [-0.1, -0.05) is 19.1 Å². The van der Waals surface area contributed by atoms with Crippen LogP contribution in [0.5, 0.6) is 0 Å². The number of hydrogen-bond acceptors (Lipinski definition) is 5. The summed E-state index contributed by atoms with van der Waals surface area (Å²) in [6, 6.07) is 1.12. The molecule has 4 aliphatic rings. The third kappa shape index (κ3) is 3.24. The predicted octanol–water partition coefficient (Wildman–Crippen LogP) is 3.58. The van der Waals surface area contributed by atoms with Crippen molar-refractivity contribution in [3.05, 3.63) is 57.1 Å². The van der Waals surface area contributed by atoms with Gasteiger partial charge in [0.25, 0.3) is 5.56 Å². The Labute approximate surface area is 187 Å². The number of rotatable bonds is 1. The number of aromatic nitrogens is 2. The molecule has 1 heterocycles. The Morgan fingerprint density at radius 3 is 2.81 bits per heavy atom. The van der Waals surface area contributed by atoms with Gasteiger partial charge in [-0.3, -0.25) is 4.79 Å². The highest BCUT2D eigenvalue weighted by Gasteiger charge is 2.57. The highest BCUT2D eigenvalue weighted by atomic mass is 16.5. The SMILES string of the molecule is C=C1CC/C(=C\OC(=O)n2c(=O)cc[nH]c2=O)C2CCC3C(CCC4(C)C(O)CCC34)C12. The molecule has 7 nitrogen and oxygen atoms in total. The zero-order valence-corrected chi connectivity index (χ0v) is 18.6. The van der Waals surface area contributed by atoms with E-state index >= 15 is 0 Å². The van der Waals surface area contributed by atoms with E-state index in [0.29, 0.717) is 28.2 Å². The lowest BCUT2D eigenvalue weighted by molar-refractivity contribution is -0.0659. The summed E-state index contributed by atoms with van der Waals surface area (Å²) in [5, 5.41) is 10.6. The molecule has 1 aromatic rings. The Balaban J connectivity index is 1.37. The van der Waals surface area contributed by atoms with Crippen molar-refractivity contribution >= 4 is 6.09 Å². The number of hydrogen-bond donors (Lipinski definition) is 2. The fourth-order valence-electron chi connectivity index (χ4n) is 7.58. The van der Waals surface area contributed by atoms with Gasteiger partial charge in [0.05, 0.1) is 12.4 Å². The summed E-state index contributed by atoms with van der Waals surface area (Å²) in [6.07, 6.45) is 9.52. The molecule has 7 unspecified atom stereocenters. The number of fused-ring (bicyclic) bond motifs is 5. The van der Waals surface area contributed by atoms with Crippen LogP contribution in [-0.4, -0.2) is 26.9 Å². The Hall–Kier alpha value is -2.41. The van der Waals surface area contributed by atoms with E-state index in [4.69, 9.17) is 4.74 Å². The van der Waals surface area contributed by atoms with Crippen molar-refractivity contribution in [3.8, 4) is 0 Å². The number of aromatic amines is 1. The Kier molecular flexibility index (Phi) is 5.27. The van der Waals surface area contributed by atoms with Crippen LogP contribution in [0, 0.1) is 35.0 Å². The van der Waals surface area contributed by atoms with Crippen LogP contribution in [0.15, 0.2) is 45.8 Å². The van der Waals surface area contributed by atoms with Crippen LogP contribution < -0.4 is 11.2 Å². The number of aliphatic hydroxyl groups is 1. The fourth-order valence-corrected chi connectivity index (χ4v) is 7.58. The topological polar surface area (TPSA) is 101 Å². The second kappa shape index (κ2) is 7.87. The molecule has 0 aliphatic heterocycles. The summed E-state index contributed by atoms with van der Waals surface area (Å²) in [6.45, 7) is 6.72. The monoisotopic (exact) mass is 440 g/mol. The molecule has 5 rings (SSSR count). The molecule has 32 heavy (non-hydrogen) atoms. The Bertz CT molecular complexity index is 1060. The number of aliphatic hydroxyl groups excluding tert-OH is 1. The third-order valence-corrected chi connectivity index (χ3v) is 9.18. The van der Waals surface area contributed by atoms with E-state index in [1.54, 1.807) is 0 Å². The maximum atomic E-state index is 12.4. The minimum Gasteiger partial charge on any atom is -0.418 e. The van der Waals surface area contributed by atoms with Crippen molar-refractivity contribution in [1.29, 1.82) is 0 Å². The molecule has 0 saturated heterocycles. The first kappa shape index (κ1) is 21.4. The summed E-state index contributed by atoms with van der Waals surface area (Å²) in [7, 11) is 0. The number of nitrogens with one attached hydrogen (secondary N) is 1. The van der Waals surface area contributed by atoms with Gasteiger partial charge >= 0.3 is 11.8 Å². The van der Waals surface area contributed by atoms with E-state index in [2.05, 4.69) is 18.5 Å². The number of carbonyl (C=O) groups is 1. The molecular formula is C25H32N2O5. The third-order valence-electron chi connectivity index (χ3n) is 9.18. The number of carbonyl (C=O) groups excluding carboxylic acids is 1. The zero-order chi connectivity index (χ0) is 22.6. The molecule has 1 aromatic heterocycles.